The number of rotatable bonds is 1. The number of pyridine rings is 1. The first-order chi connectivity index (χ1) is 7.36. The number of nitrogens with zero attached hydrogens (tertiary/aromatic N) is 2. The molecule has 1 saturated heterocycles. The van der Waals surface area contributed by atoms with Crippen LogP contribution in [0.15, 0.2) is 24.4 Å². The third kappa shape index (κ3) is 1.43. The Morgan fingerprint density at radius 3 is 3.13 bits per heavy atom. The van der Waals surface area contributed by atoms with E-state index in [1.807, 2.05) is 28.8 Å². The number of imidazole rings is 1. The number of halogens is 1. The summed E-state index contributed by atoms with van der Waals surface area (Å²) in [6.45, 7) is 1.06. The summed E-state index contributed by atoms with van der Waals surface area (Å²) in [6, 6.07) is 6.25. The number of hydrogen-bond donors (Lipinski definition) is 1. The van der Waals surface area contributed by atoms with Crippen LogP contribution in [0.25, 0.3) is 5.65 Å². The minimum absolute atomic E-state index is 0.331. The molecule has 3 rings (SSSR count). The summed E-state index contributed by atoms with van der Waals surface area (Å²) in [7, 11) is 0. The fourth-order valence-electron chi connectivity index (χ4n) is 2.12. The van der Waals surface area contributed by atoms with Crippen LogP contribution in [0.2, 0.25) is 5.15 Å². The minimum atomic E-state index is 0.331. The zero-order valence-corrected chi connectivity index (χ0v) is 9.04. The van der Waals surface area contributed by atoms with Gasteiger partial charge in [0.2, 0.25) is 0 Å². The Hall–Kier alpha value is -1.06. The van der Waals surface area contributed by atoms with E-state index in [2.05, 4.69) is 10.3 Å². The van der Waals surface area contributed by atoms with Crippen molar-refractivity contribution >= 4 is 17.2 Å². The average Bonchev–Trinajstić information content (AvgIpc) is 2.87. The van der Waals surface area contributed by atoms with Gasteiger partial charge in [0, 0.05) is 6.20 Å². The van der Waals surface area contributed by atoms with Gasteiger partial charge >= 0.3 is 0 Å². The van der Waals surface area contributed by atoms with E-state index in [0.717, 1.165) is 29.5 Å². The number of nitrogens with one attached hydrogen (secondary N) is 1. The molecule has 4 heteroatoms. The maximum atomic E-state index is 6.30. The van der Waals surface area contributed by atoms with E-state index in [-0.39, 0.29) is 0 Å². The predicted octanol–water partition coefficient (Wildman–Crippen LogP) is 2.41. The van der Waals surface area contributed by atoms with Crippen molar-refractivity contribution in [2.24, 2.45) is 0 Å². The topological polar surface area (TPSA) is 29.3 Å². The summed E-state index contributed by atoms with van der Waals surface area (Å²) in [5, 5.41) is 4.16. The van der Waals surface area contributed by atoms with E-state index in [1.165, 1.54) is 6.42 Å². The van der Waals surface area contributed by atoms with E-state index >= 15 is 0 Å². The van der Waals surface area contributed by atoms with Crippen LogP contribution in [0.5, 0.6) is 0 Å². The van der Waals surface area contributed by atoms with Gasteiger partial charge in [-0.3, -0.25) is 4.40 Å². The molecule has 2 aromatic heterocycles. The van der Waals surface area contributed by atoms with Crippen LogP contribution < -0.4 is 5.32 Å². The van der Waals surface area contributed by atoms with Gasteiger partial charge in [0.05, 0.1) is 11.7 Å². The first-order valence-corrected chi connectivity index (χ1v) is 5.60. The van der Waals surface area contributed by atoms with Crippen molar-refractivity contribution in [3.05, 3.63) is 35.2 Å². The summed E-state index contributed by atoms with van der Waals surface area (Å²) < 4.78 is 1.93. The van der Waals surface area contributed by atoms with Gasteiger partial charge in [-0.25, -0.2) is 4.98 Å². The lowest BCUT2D eigenvalue weighted by Crippen LogP contribution is -2.13. The van der Waals surface area contributed by atoms with Crippen molar-refractivity contribution in [1.29, 1.82) is 0 Å². The molecule has 15 heavy (non-hydrogen) atoms. The molecule has 1 N–H and O–H groups in total. The van der Waals surface area contributed by atoms with Crippen LogP contribution >= 0.6 is 11.6 Å². The molecule has 1 atom stereocenters. The molecule has 0 aromatic carbocycles. The maximum absolute atomic E-state index is 6.30. The van der Waals surface area contributed by atoms with E-state index in [1.54, 1.807) is 0 Å². The molecule has 78 valence electrons. The molecule has 1 fully saturated rings. The van der Waals surface area contributed by atoms with Gasteiger partial charge in [0.25, 0.3) is 0 Å². The fourth-order valence-corrected chi connectivity index (χ4v) is 2.44. The first-order valence-electron chi connectivity index (χ1n) is 5.22. The third-order valence-electron chi connectivity index (χ3n) is 2.89. The van der Waals surface area contributed by atoms with Gasteiger partial charge in [0.15, 0.2) is 0 Å². The molecule has 1 aliphatic rings. The van der Waals surface area contributed by atoms with E-state index in [4.69, 9.17) is 11.6 Å². The molecule has 0 aliphatic carbocycles. The molecule has 1 aliphatic heterocycles. The van der Waals surface area contributed by atoms with E-state index in [9.17, 15) is 0 Å². The highest BCUT2D eigenvalue weighted by Gasteiger charge is 2.22. The summed E-state index contributed by atoms with van der Waals surface area (Å²) >= 11 is 6.30. The van der Waals surface area contributed by atoms with E-state index in [0.29, 0.717) is 6.04 Å². The van der Waals surface area contributed by atoms with Crippen LogP contribution in [0, 0.1) is 0 Å². The van der Waals surface area contributed by atoms with Gasteiger partial charge in [-0.05, 0) is 31.5 Å². The summed E-state index contributed by atoms with van der Waals surface area (Å²) in [6.07, 6.45) is 4.28. The van der Waals surface area contributed by atoms with Gasteiger partial charge < -0.3 is 5.32 Å². The second-order valence-electron chi connectivity index (χ2n) is 3.87. The predicted molar refractivity (Wildman–Crippen MR) is 60.2 cm³/mol. The molecule has 1 unspecified atom stereocenters. The van der Waals surface area contributed by atoms with Crippen molar-refractivity contribution < 1.29 is 0 Å². The number of fused-ring (bicyclic) bond motifs is 1. The highest BCUT2D eigenvalue weighted by molar-refractivity contribution is 6.30. The first kappa shape index (κ1) is 9.19. The van der Waals surface area contributed by atoms with Crippen molar-refractivity contribution in [1.82, 2.24) is 14.7 Å². The van der Waals surface area contributed by atoms with E-state index < -0.39 is 0 Å². The van der Waals surface area contributed by atoms with Crippen LogP contribution in [0.4, 0.5) is 0 Å². The van der Waals surface area contributed by atoms with Crippen LogP contribution in [-0.4, -0.2) is 15.9 Å². The third-order valence-corrected chi connectivity index (χ3v) is 3.26. The quantitative estimate of drug-likeness (QED) is 0.802. The highest BCUT2D eigenvalue weighted by atomic mass is 35.5. The second-order valence-corrected chi connectivity index (χ2v) is 4.22. The number of hydrogen-bond acceptors (Lipinski definition) is 2. The Labute approximate surface area is 93.1 Å². The normalized spacial score (nSPS) is 21.3. The van der Waals surface area contributed by atoms with Crippen molar-refractivity contribution in [3.63, 3.8) is 0 Å². The molecule has 3 heterocycles. The maximum Gasteiger partial charge on any atom is 0.138 e. The highest BCUT2D eigenvalue weighted by Crippen LogP contribution is 2.29. The standard InChI is InChI=1S/C11H12ClN3/c12-11-10(8-4-3-6-13-8)14-9-5-1-2-7-15(9)11/h1-2,5,7-8,13H,3-4,6H2. The lowest BCUT2D eigenvalue weighted by Gasteiger charge is -2.06. The minimum Gasteiger partial charge on any atom is -0.309 e. The lowest BCUT2D eigenvalue weighted by molar-refractivity contribution is 0.632. The Morgan fingerprint density at radius 2 is 2.40 bits per heavy atom. The SMILES string of the molecule is Clc1c(C2CCCN2)nc2ccccn12. The monoisotopic (exact) mass is 221 g/mol. The molecular weight excluding hydrogens is 210 g/mol. The molecule has 2 aromatic rings. The van der Waals surface area contributed by atoms with Crippen molar-refractivity contribution in [2.45, 2.75) is 18.9 Å². The molecule has 0 radical (unpaired) electrons. The average molecular weight is 222 g/mol. The molecule has 0 bridgehead atoms. The van der Waals surface area contributed by atoms with Crippen molar-refractivity contribution in [3.8, 4) is 0 Å². The van der Waals surface area contributed by atoms with Crippen molar-refractivity contribution in [2.75, 3.05) is 6.54 Å². The smallest absolute Gasteiger partial charge is 0.138 e. The Bertz CT molecular complexity index is 486. The lowest BCUT2D eigenvalue weighted by atomic mass is 10.2. The van der Waals surface area contributed by atoms with Gasteiger partial charge in [-0.15, -0.1) is 0 Å². The molecule has 0 saturated carbocycles. The summed E-state index contributed by atoms with van der Waals surface area (Å²) in [4.78, 5) is 4.56. The molecule has 3 nitrogen and oxygen atoms in total. The number of aromatic nitrogens is 2. The largest absolute Gasteiger partial charge is 0.309 e. The van der Waals surface area contributed by atoms with Gasteiger partial charge in [-0.2, -0.15) is 0 Å². The Kier molecular flexibility index (Phi) is 2.15. The summed E-state index contributed by atoms with van der Waals surface area (Å²) in [5.41, 5.74) is 1.91. The summed E-state index contributed by atoms with van der Waals surface area (Å²) in [5.74, 6) is 0. The van der Waals surface area contributed by atoms with Gasteiger partial charge in [0.1, 0.15) is 10.8 Å². The Balaban J connectivity index is 2.14. The molecule has 0 spiro atoms. The Morgan fingerprint density at radius 1 is 1.47 bits per heavy atom. The zero-order chi connectivity index (χ0) is 10.3. The van der Waals surface area contributed by atoms with Crippen LogP contribution in [-0.2, 0) is 0 Å². The second kappa shape index (κ2) is 3.51. The van der Waals surface area contributed by atoms with Crippen LogP contribution in [0.3, 0.4) is 0 Å². The van der Waals surface area contributed by atoms with Crippen LogP contribution in [0.1, 0.15) is 24.6 Å². The molecular formula is C11H12ClN3. The zero-order valence-electron chi connectivity index (χ0n) is 8.28. The fraction of sp³-hybridized carbons (Fsp3) is 0.364. The van der Waals surface area contributed by atoms with Gasteiger partial charge in [-0.1, -0.05) is 17.7 Å². The molecule has 0 amide bonds.